The first-order valence-electron chi connectivity index (χ1n) is 8.85. The second kappa shape index (κ2) is 7.19. The van der Waals surface area contributed by atoms with Crippen LogP contribution in [-0.2, 0) is 6.54 Å². The number of hydrogen-bond acceptors (Lipinski definition) is 3. The standard InChI is InChI=1S/C21H19FN4O2/c1-13-11-19-24-14(2)20(26(19)25-13)21(27)23-12-15-3-7-17(8-4-15)28-18-9-5-16(22)6-10-18/h3-11,25H,12H2,1-2H3,(H,23,27). The Morgan fingerprint density at radius 2 is 1.75 bits per heavy atom. The maximum absolute atomic E-state index is 12.9. The molecular formula is C21H19FN4O2. The van der Waals surface area contributed by atoms with Gasteiger partial charge in [-0.2, -0.15) is 0 Å². The summed E-state index contributed by atoms with van der Waals surface area (Å²) in [5, 5.41) is 6.03. The molecule has 28 heavy (non-hydrogen) atoms. The fourth-order valence-corrected chi connectivity index (χ4v) is 3.01. The van der Waals surface area contributed by atoms with E-state index in [0.717, 1.165) is 16.9 Å². The SMILES string of the molecule is Cc1cc2nc(C)c(C(=O)NCc3ccc(Oc4ccc(F)cc4)cc3)n2[nH]1. The molecule has 6 nitrogen and oxygen atoms in total. The minimum atomic E-state index is -0.307. The highest BCUT2D eigenvalue weighted by molar-refractivity contribution is 5.94. The first kappa shape index (κ1) is 17.8. The van der Waals surface area contributed by atoms with Crippen molar-refractivity contribution < 1.29 is 13.9 Å². The molecule has 142 valence electrons. The minimum absolute atomic E-state index is 0.196. The Morgan fingerprint density at radius 3 is 2.43 bits per heavy atom. The van der Waals surface area contributed by atoms with Crippen LogP contribution in [0.4, 0.5) is 4.39 Å². The number of imidazole rings is 1. The van der Waals surface area contributed by atoms with E-state index in [9.17, 15) is 9.18 Å². The average Bonchev–Trinajstić information content (AvgIpc) is 3.17. The first-order chi connectivity index (χ1) is 13.5. The number of benzene rings is 2. The number of aromatic amines is 1. The van der Waals surface area contributed by atoms with Gasteiger partial charge in [-0.3, -0.25) is 9.89 Å². The predicted octanol–water partition coefficient (Wildman–Crippen LogP) is 4.14. The Morgan fingerprint density at radius 1 is 1.11 bits per heavy atom. The van der Waals surface area contributed by atoms with E-state index in [1.165, 1.54) is 12.1 Å². The van der Waals surface area contributed by atoms with Crippen molar-refractivity contribution in [3.63, 3.8) is 0 Å². The molecular weight excluding hydrogens is 359 g/mol. The van der Waals surface area contributed by atoms with Crippen LogP contribution < -0.4 is 10.1 Å². The molecule has 2 N–H and O–H groups in total. The Hall–Kier alpha value is -3.61. The molecule has 2 aromatic heterocycles. The van der Waals surface area contributed by atoms with Crippen LogP contribution in [0.2, 0.25) is 0 Å². The highest BCUT2D eigenvalue weighted by atomic mass is 19.1. The van der Waals surface area contributed by atoms with Crippen molar-refractivity contribution in [2.24, 2.45) is 0 Å². The highest BCUT2D eigenvalue weighted by Gasteiger charge is 2.17. The minimum Gasteiger partial charge on any atom is -0.457 e. The first-order valence-corrected chi connectivity index (χ1v) is 8.85. The predicted molar refractivity (Wildman–Crippen MR) is 103 cm³/mol. The largest absolute Gasteiger partial charge is 0.457 e. The fraction of sp³-hybridized carbons (Fsp3) is 0.143. The van der Waals surface area contributed by atoms with Gasteiger partial charge in [0.05, 0.1) is 5.69 Å². The number of hydrogen-bond donors (Lipinski definition) is 2. The monoisotopic (exact) mass is 378 g/mol. The molecule has 0 spiro atoms. The van der Waals surface area contributed by atoms with E-state index in [1.807, 2.05) is 32.0 Å². The summed E-state index contributed by atoms with van der Waals surface area (Å²) in [6, 6.07) is 15.1. The second-order valence-electron chi connectivity index (χ2n) is 6.56. The number of amides is 1. The number of carbonyl (C=O) groups excluding carboxylic acids is 1. The number of nitrogens with one attached hydrogen (secondary N) is 2. The van der Waals surface area contributed by atoms with Crippen LogP contribution in [0.5, 0.6) is 11.5 Å². The van der Waals surface area contributed by atoms with Gasteiger partial charge in [0.25, 0.3) is 5.91 Å². The smallest absolute Gasteiger partial charge is 0.272 e. The maximum Gasteiger partial charge on any atom is 0.272 e. The van der Waals surface area contributed by atoms with Crippen LogP contribution in [0, 0.1) is 19.7 Å². The van der Waals surface area contributed by atoms with E-state index >= 15 is 0 Å². The third-order valence-corrected chi connectivity index (χ3v) is 4.35. The molecule has 4 rings (SSSR count). The molecule has 2 heterocycles. The molecule has 0 bridgehead atoms. The molecule has 0 fully saturated rings. The number of halogens is 1. The Labute approximate surface area is 161 Å². The van der Waals surface area contributed by atoms with Crippen LogP contribution >= 0.6 is 0 Å². The van der Waals surface area contributed by atoms with E-state index in [-0.39, 0.29) is 11.7 Å². The van der Waals surface area contributed by atoms with Gasteiger partial charge < -0.3 is 10.1 Å². The Kier molecular flexibility index (Phi) is 4.57. The summed E-state index contributed by atoms with van der Waals surface area (Å²) in [5.41, 5.74) is 3.77. The van der Waals surface area contributed by atoms with Crippen molar-refractivity contribution >= 4 is 11.6 Å². The van der Waals surface area contributed by atoms with Gasteiger partial charge in [0.2, 0.25) is 0 Å². The van der Waals surface area contributed by atoms with Crippen LogP contribution in [0.15, 0.2) is 54.6 Å². The van der Waals surface area contributed by atoms with E-state index < -0.39 is 0 Å². The summed E-state index contributed by atoms with van der Waals surface area (Å²) in [5.74, 6) is 0.693. The molecule has 4 aromatic rings. The number of nitrogens with zero attached hydrogens (tertiary/aromatic N) is 2. The van der Waals surface area contributed by atoms with Gasteiger partial charge in [-0.05, 0) is 55.8 Å². The zero-order valence-corrected chi connectivity index (χ0v) is 15.5. The van der Waals surface area contributed by atoms with Crippen LogP contribution in [0.1, 0.15) is 27.4 Å². The highest BCUT2D eigenvalue weighted by Crippen LogP contribution is 2.22. The third kappa shape index (κ3) is 3.59. The van der Waals surface area contributed by atoms with Gasteiger partial charge in [-0.15, -0.1) is 0 Å². The summed E-state index contributed by atoms with van der Waals surface area (Å²) in [4.78, 5) is 17.0. The molecule has 0 saturated heterocycles. The molecule has 0 radical (unpaired) electrons. The van der Waals surface area contributed by atoms with Crippen molar-refractivity contribution in [1.29, 1.82) is 0 Å². The molecule has 2 aromatic carbocycles. The van der Waals surface area contributed by atoms with Gasteiger partial charge in [0.15, 0.2) is 11.3 Å². The maximum atomic E-state index is 12.9. The van der Waals surface area contributed by atoms with E-state index in [0.29, 0.717) is 29.4 Å². The fourth-order valence-electron chi connectivity index (χ4n) is 3.01. The van der Waals surface area contributed by atoms with E-state index in [1.54, 1.807) is 28.8 Å². The lowest BCUT2D eigenvalue weighted by Crippen LogP contribution is -2.25. The lowest BCUT2D eigenvalue weighted by Gasteiger charge is -2.08. The van der Waals surface area contributed by atoms with Crippen molar-refractivity contribution in [3.8, 4) is 11.5 Å². The lowest BCUT2D eigenvalue weighted by molar-refractivity contribution is 0.0943. The molecule has 1 amide bonds. The number of ether oxygens (including phenoxy) is 1. The molecule has 0 saturated carbocycles. The molecule has 0 aliphatic carbocycles. The Bertz CT molecular complexity index is 1130. The second-order valence-corrected chi connectivity index (χ2v) is 6.56. The molecule has 0 unspecified atom stereocenters. The van der Waals surface area contributed by atoms with Gasteiger partial charge in [-0.25, -0.2) is 13.9 Å². The van der Waals surface area contributed by atoms with E-state index in [2.05, 4.69) is 15.4 Å². The van der Waals surface area contributed by atoms with Gasteiger partial charge in [0.1, 0.15) is 17.3 Å². The Balaban J connectivity index is 1.41. The number of carbonyl (C=O) groups is 1. The molecule has 7 heteroatoms. The molecule has 0 atom stereocenters. The number of rotatable bonds is 5. The van der Waals surface area contributed by atoms with Crippen molar-refractivity contribution in [1.82, 2.24) is 19.9 Å². The summed E-state index contributed by atoms with van der Waals surface area (Å²) in [6.07, 6.45) is 0. The topological polar surface area (TPSA) is 71.4 Å². The lowest BCUT2D eigenvalue weighted by atomic mass is 10.2. The van der Waals surface area contributed by atoms with Crippen molar-refractivity contribution in [2.45, 2.75) is 20.4 Å². The number of fused-ring (bicyclic) bond motifs is 1. The zero-order chi connectivity index (χ0) is 19.7. The van der Waals surface area contributed by atoms with Crippen LogP contribution in [0.25, 0.3) is 5.65 Å². The summed E-state index contributed by atoms with van der Waals surface area (Å²) >= 11 is 0. The summed E-state index contributed by atoms with van der Waals surface area (Å²) in [6.45, 7) is 4.11. The van der Waals surface area contributed by atoms with Gasteiger partial charge in [0, 0.05) is 18.3 Å². The van der Waals surface area contributed by atoms with Crippen LogP contribution in [0.3, 0.4) is 0 Å². The number of aryl methyl sites for hydroxylation is 2. The third-order valence-electron chi connectivity index (χ3n) is 4.35. The number of H-pyrrole nitrogens is 1. The zero-order valence-electron chi connectivity index (χ0n) is 15.5. The van der Waals surface area contributed by atoms with Gasteiger partial charge in [-0.1, -0.05) is 12.1 Å². The van der Waals surface area contributed by atoms with Crippen LogP contribution in [-0.4, -0.2) is 20.5 Å². The molecule has 0 aliphatic rings. The quantitative estimate of drug-likeness (QED) is 0.548. The summed E-state index contributed by atoms with van der Waals surface area (Å²) < 4.78 is 20.3. The molecule has 0 aliphatic heterocycles. The van der Waals surface area contributed by atoms with Crippen molar-refractivity contribution in [3.05, 3.63) is 83.1 Å². The van der Waals surface area contributed by atoms with Crippen molar-refractivity contribution in [2.75, 3.05) is 0 Å². The average molecular weight is 378 g/mol. The van der Waals surface area contributed by atoms with E-state index in [4.69, 9.17) is 4.74 Å². The normalized spacial score (nSPS) is 11.0. The number of aromatic nitrogens is 3. The van der Waals surface area contributed by atoms with Gasteiger partial charge >= 0.3 is 0 Å². The summed E-state index contributed by atoms with van der Waals surface area (Å²) in [7, 11) is 0.